The second-order valence-electron chi connectivity index (χ2n) is 4.91. The Balaban J connectivity index is 2.02. The van der Waals surface area contributed by atoms with Crippen molar-refractivity contribution in [2.75, 3.05) is 12.4 Å². The predicted octanol–water partition coefficient (Wildman–Crippen LogP) is 3.38. The Hall–Kier alpha value is -0.100. The van der Waals surface area contributed by atoms with Gasteiger partial charge in [0.2, 0.25) is 10.0 Å². The van der Waals surface area contributed by atoms with Crippen LogP contribution in [0.1, 0.15) is 19.3 Å². The number of benzene rings is 1. The Morgan fingerprint density at radius 2 is 2.05 bits per heavy atom. The number of nitrogens with one attached hydrogen (secondary N) is 1. The molecule has 1 aromatic rings. The smallest absolute Gasteiger partial charge is 0.211 e. The van der Waals surface area contributed by atoms with Crippen LogP contribution in [-0.2, 0) is 10.0 Å². The van der Waals surface area contributed by atoms with E-state index in [1.807, 2.05) is 0 Å². The van der Waals surface area contributed by atoms with E-state index in [2.05, 4.69) is 20.7 Å². The van der Waals surface area contributed by atoms with Crippen LogP contribution in [0.25, 0.3) is 0 Å². The van der Waals surface area contributed by atoms with E-state index in [-0.39, 0.29) is 0 Å². The summed E-state index contributed by atoms with van der Waals surface area (Å²) < 4.78 is 27.8. The lowest BCUT2D eigenvalue weighted by molar-refractivity contribution is 0.418. The maximum absolute atomic E-state index is 12.2. The Labute approximate surface area is 127 Å². The molecule has 0 bridgehead atoms. The van der Waals surface area contributed by atoms with Gasteiger partial charge < -0.3 is 0 Å². The molecule has 1 aromatic carbocycles. The third-order valence-electron chi connectivity index (χ3n) is 3.66. The second-order valence-corrected chi connectivity index (χ2v) is 7.91. The van der Waals surface area contributed by atoms with E-state index in [4.69, 9.17) is 11.6 Å². The molecule has 1 N–H and O–H groups in total. The van der Waals surface area contributed by atoms with Gasteiger partial charge in [0.15, 0.2) is 0 Å². The number of halogens is 2. The summed E-state index contributed by atoms with van der Waals surface area (Å²) in [6, 6.07) is 6.73. The fraction of sp³-hybridized carbons (Fsp3) is 0.538. The number of sulfonamides is 1. The summed E-state index contributed by atoms with van der Waals surface area (Å²) >= 11 is 9.19. The number of hydrogen-bond donors (Lipinski definition) is 1. The van der Waals surface area contributed by atoms with Crippen molar-refractivity contribution in [1.29, 1.82) is 0 Å². The van der Waals surface area contributed by atoms with Gasteiger partial charge in [-0.05, 0) is 42.9 Å². The Bertz CT molecular complexity index is 535. The summed E-state index contributed by atoms with van der Waals surface area (Å²) in [6.07, 6.45) is 3.30. The molecule has 3 nitrogen and oxygen atoms in total. The first-order valence-electron chi connectivity index (χ1n) is 6.34. The van der Waals surface area contributed by atoms with E-state index in [1.54, 1.807) is 24.3 Å². The van der Waals surface area contributed by atoms with Crippen molar-refractivity contribution in [3.8, 4) is 0 Å². The van der Waals surface area contributed by atoms with E-state index in [0.717, 1.165) is 23.7 Å². The molecule has 0 amide bonds. The highest BCUT2D eigenvalue weighted by atomic mass is 79.9. The molecule has 1 fully saturated rings. The minimum Gasteiger partial charge on any atom is -0.211 e. The van der Waals surface area contributed by atoms with E-state index < -0.39 is 10.0 Å². The van der Waals surface area contributed by atoms with Crippen molar-refractivity contribution in [1.82, 2.24) is 4.72 Å². The number of hydrogen-bond acceptors (Lipinski definition) is 2. The van der Waals surface area contributed by atoms with Gasteiger partial charge in [0.1, 0.15) is 0 Å². The summed E-state index contributed by atoms with van der Waals surface area (Å²) in [5.41, 5.74) is 0. The first kappa shape index (κ1) is 15.3. The lowest BCUT2D eigenvalue weighted by Crippen LogP contribution is -2.31. The molecule has 2 rings (SSSR count). The molecule has 19 heavy (non-hydrogen) atoms. The molecule has 1 aliphatic carbocycles. The summed E-state index contributed by atoms with van der Waals surface area (Å²) in [4.78, 5) is 0.294. The predicted molar refractivity (Wildman–Crippen MR) is 80.9 cm³/mol. The maximum Gasteiger partial charge on any atom is 0.240 e. The SMILES string of the molecule is O=S(=O)(NCC1CCCC1CCl)c1cccc(Br)c1. The fourth-order valence-electron chi connectivity index (χ4n) is 2.52. The van der Waals surface area contributed by atoms with Crippen LogP contribution < -0.4 is 4.72 Å². The van der Waals surface area contributed by atoms with Gasteiger partial charge in [-0.3, -0.25) is 0 Å². The average Bonchev–Trinajstić information content (AvgIpc) is 2.84. The normalized spacial score (nSPS) is 23.7. The molecule has 0 aromatic heterocycles. The molecule has 0 heterocycles. The van der Waals surface area contributed by atoms with Gasteiger partial charge in [0.25, 0.3) is 0 Å². The molecule has 1 aliphatic rings. The van der Waals surface area contributed by atoms with Gasteiger partial charge in [-0.1, -0.05) is 28.4 Å². The van der Waals surface area contributed by atoms with Gasteiger partial charge >= 0.3 is 0 Å². The van der Waals surface area contributed by atoms with Crippen LogP contribution in [0.15, 0.2) is 33.6 Å². The first-order valence-corrected chi connectivity index (χ1v) is 9.15. The summed E-state index contributed by atoms with van der Waals surface area (Å²) in [6.45, 7) is 0.478. The van der Waals surface area contributed by atoms with Crippen LogP contribution in [-0.4, -0.2) is 20.8 Å². The van der Waals surface area contributed by atoms with Crippen molar-refractivity contribution < 1.29 is 8.42 Å². The quantitative estimate of drug-likeness (QED) is 0.812. The number of rotatable bonds is 5. The highest BCUT2D eigenvalue weighted by Gasteiger charge is 2.27. The lowest BCUT2D eigenvalue weighted by atomic mass is 9.98. The zero-order valence-electron chi connectivity index (χ0n) is 10.5. The monoisotopic (exact) mass is 365 g/mol. The third-order valence-corrected chi connectivity index (χ3v) is 5.97. The second kappa shape index (κ2) is 6.57. The largest absolute Gasteiger partial charge is 0.240 e. The van der Waals surface area contributed by atoms with Crippen molar-refractivity contribution in [2.45, 2.75) is 24.2 Å². The molecule has 6 heteroatoms. The molecule has 1 saturated carbocycles. The topological polar surface area (TPSA) is 46.2 Å². The van der Waals surface area contributed by atoms with E-state index in [9.17, 15) is 8.42 Å². The van der Waals surface area contributed by atoms with Gasteiger partial charge in [-0.25, -0.2) is 13.1 Å². The van der Waals surface area contributed by atoms with Crippen LogP contribution in [0, 0.1) is 11.8 Å². The van der Waals surface area contributed by atoms with Gasteiger partial charge in [0.05, 0.1) is 4.90 Å². The third kappa shape index (κ3) is 3.94. The van der Waals surface area contributed by atoms with Gasteiger partial charge in [0, 0.05) is 16.9 Å². The van der Waals surface area contributed by atoms with Crippen LogP contribution in [0.3, 0.4) is 0 Å². The Kier molecular flexibility index (Phi) is 5.29. The zero-order valence-corrected chi connectivity index (χ0v) is 13.6. The molecule has 2 atom stereocenters. The maximum atomic E-state index is 12.2. The molecule has 106 valence electrons. The standard InChI is InChI=1S/C13H17BrClNO2S/c14-12-5-2-6-13(7-12)19(17,18)16-9-11-4-1-3-10(11)8-15/h2,5-7,10-11,16H,1,3-4,8-9H2. The minimum absolute atomic E-state index is 0.294. The van der Waals surface area contributed by atoms with Crippen LogP contribution in [0.4, 0.5) is 0 Å². The van der Waals surface area contributed by atoms with Crippen molar-refractivity contribution in [3.63, 3.8) is 0 Å². The van der Waals surface area contributed by atoms with Gasteiger partial charge in [-0.15, -0.1) is 11.6 Å². The highest BCUT2D eigenvalue weighted by molar-refractivity contribution is 9.10. The fourth-order valence-corrected chi connectivity index (χ4v) is 4.62. The van der Waals surface area contributed by atoms with Crippen molar-refractivity contribution >= 4 is 37.6 Å². The van der Waals surface area contributed by atoms with E-state index >= 15 is 0 Å². The van der Waals surface area contributed by atoms with Crippen molar-refractivity contribution in [2.24, 2.45) is 11.8 Å². The molecule has 2 unspecified atom stereocenters. The van der Waals surface area contributed by atoms with Crippen molar-refractivity contribution in [3.05, 3.63) is 28.7 Å². The molecular formula is C13H17BrClNO2S. The van der Waals surface area contributed by atoms with E-state index in [0.29, 0.717) is 29.2 Å². The van der Waals surface area contributed by atoms with Crippen LogP contribution in [0.2, 0.25) is 0 Å². The molecule has 0 aliphatic heterocycles. The highest BCUT2D eigenvalue weighted by Crippen LogP contribution is 2.32. The zero-order chi connectivity index (χ0) is 13.9. The average molecular weight is 367 g/mol. The van der Waals surface area contributed by atoms with Crippen LogP contribution >= 0.6 is 27.5 Å². The molecule has 0 spiro atoms. The number of alkyl halides is 1. The van der Waals surface area contributed by atoms with Crippen LogP contribution in [0.5, 0.6) is 0 Å². The first-order chi connectivity index (χ1) is 9.03. The Morgan fingerprint density at radius 3 is 2.74 bits per heavy atom. The lowest BCUT2D eigenvalue weighted by Gasteiger charge is -2.17. The molecule has 0 saturated heterocycles. The summed E-state index contributed by atoms with van der Waals surface area (Å²) in [5.74, 6) is 1.41. The van der Waals surface area contributed by atoms with E-state index in [1.165, 1.54) is 0 Å². The van der Waals surface area contributed by atoms with Gasteiger partial charge in [-0.2, -0.15) is 0 Å². The Morgan fingerprint density at radius 1 is 1.32 bits per heavy atom. The summed E-state index contributed by atoms with van der Waals surface area (Å²) in [5, 5.41) is 0. The minimum atomic E-state index is -3.42. The molecule has 0 radical (unpaired) electrons. The molecular weight excluding hydrogens is 350 g/mol. The summed E-state index contributed by atoms with van der Waals surface area (Å²) in [7, 11) is -3.42.